The van der Waals surface area contributed by atoms with Gasteiger partial charge in [-0.15, -0.1) is 6.58 Å². The van der Waals surface area contributed by atoms with E-state index in [4.69, 9.17) is 78.0 Å². The molecule has 0 aliphatic rings. The summed E-state index contributed by atoms with van der Waals surface area (Å²) in [6.45, 7) is 11.5. The zero-order valence-electron chi connectivity index (χ0n) is 64.1. The van der Waals surface area contributed by atoms with Crippen LogP contribution in [0.3, 0.4) is 0 Å². The van der Waals surface area contributed by atoms with Crippen LogP contribution < -0.4 is 42.6 Å². The normalized spacial score (nSPS) is 9.83. The quantitative estimate of drug-likeness (QED) is 0.0116. The van der Waals surface area contributed by atoms with Gasteiger partial charge in [0.25, 0.3) is 0 Å². The molecule has 9 aromatic rings. The van der Waals surface area contributed by atoms with Crippen LogP contribution in [0.4, 0.5) is 0 Å². The summed E-state index contributed by atoms with van der Waals surface area (Å²) < 4.78 is 49.0. The van der Waals surface area contributed by atoms with Gasteiger partial charge in [0.1, 0.15) is 6.29 Å². The molecule has 0 aliphatic carbocycles. The number of aliphatic hydroxyl groups excluding tert-OH is 3. The molecular formula is C85H106O24. The van der Waals surface area contributed by atoms with Crippen LogP contribution in [0.15, 0.2) is 189 Å². The highest BCUT2D eigenvalue weighted by Gasteiger charge is 2.08. The summed E-state index contributed by atoms with van der Waals surface area (Å²) in [4.78, 5) is 20.8. The van der Waals surface area contributed by atoms with E-state index in [1.807, 2.05) is 68.5 Å². The average molecular weight is 1510 g/mol. The van der Waals surface area contributed by atoms with Crippen LogP contribution in [-0.2, 0) is 41.8 Å². The molecule has 590 valence electrons. The smallest absolute Gasteiger partial charge is 0.302 e. The van der Waals surface area contributed by atoms with E-state index in [9.17, 15) is 40.2 Å². The van der Waals surface area contributed by atoms with Gasteiger partial charge in [0.2, 0.25) is 0 Å². The number of esters is 1. The Morgan fingerprint density at radius 1 is 0.394 bits per heavy atom. The third kappa shape index (κ3) is 37.4. The second-order valence-corrected chi connectivity index (χ2v) is 22.5. The molecule has 0 amide bonds. The van der Waals surface area contributed by atoms with Crippen molar-refractivity contribution in [1.82, 2.24) is 0 Å². The van der Waals surface area contributed by atoms with Gasteiger partial charge in [0, 0.05) is 19.1 Å². The van der Waals surface area contributed by atoms with Gasteiger partial charge in [-0.05, 0) is 206 Å². The van der Waals surface area contributed by atoms with Gasteiger partial charge in [-0.25, -0.2) is 0 Å². The summed E-state index contributed by atoms with van der Waals surface area (Å²) in [5.41, 5.74) is 8.46. The lowest BCUT2D eigenvalue weighted by Crippen LogP contribution is -2.01. The van der Waals surface area contributed by atoms with Crippen molar-refractivity contribution in [3.8, 4) is 103 Å². The Morgan fingerprint density at radius 3 is 1.05 bits per heavy atom. The van der Waals surface area contributed by atoms with Gasteiger partial charge in [0.05, 0.1) is 83.8 Å². The number of phenols is 9. The Hall–Kier alpha value is -12.4. The zero-order valence-corrected chi connectivity index (χ0v) is 64.1. The van der Waals surface area contributed by atoms with Gasteiger partial charge in [0.15, 0.2) is 103 Å². The van der Waals surface area contributed by atoms with Gasteiger partial charge in [-0.1, -0.05) is 92.3 Å². The van der Waals surface area contributed by atoms with E-state index in [2.05, 4.69) is 13.5 Å². The van der Waals surface area contributed by atoms with Crippen molar-refractivity contribution in [2.45, 2.75) is 72.8 Å². The maximum absolute atomic E-state index is 10.5. The first-order valence-corrected chi connectivity index (χ1v) is 33.9. The average Bonchev–Trinajstić information content (AvgIpc) is 0.935. The van der Waals surface area contributed by atoms with E-state index in [0.717, 1.165) is 71.0 Å². The molecule has 0 fully saturated rings. The molecule has 9 rings (SSSR count). The highest BCUT2D eigenvalue weighted by molar-refractivity contribution is 5.76. The molecule has 0 saturated heterocycles. The first kappa shape index (κ1) is 94.6. The Morgan fingerprint density at radius 2 is 0.706 bits per heavy atom. The minimum absolute atomic E-state index is 0.00317. The van der Waals surface area contributed by atoms with Crippen molar-refractivity contribution in [1.29, 1.82) is 0 Å². The number of methoxy groups -OCH3 is 9. The fourth-order valence-corrected chi connectivity index (χ4v) is 8.91. The Kier molecular flexibility index (Phi) is 47.9. The van der Waals surface area contributed by atoms with E-state index in [-0.39, 0.29) is 77.5 Å². The van der Waals surface area contributed by atoms with Gasteiger partial charge in [-0.2, -0.15) is 0 Å². The lowest BCUT2D eigenvalue weighted by atomic mass is 10.1. The summed E-state index contributed by atoms with van der Waals surface area (Å²) in [5.74, 6) is 5.11. The second-order valence-electron chi connectivity index (χ2n) is 22.5. The van der Waals surface area contributed by atoms with E-state index >= 15 is 0 Å². The fraction of sp³-hybridized carbons (Fsp3) is 0.271. The monoisotopic (exact) mass is 1510 g/mol. The topological polar surface area (TPSA) is 369 Å². The number of carbonyl (C=O) groups is 2. The molecule has 0 saturated carbocycles. The molecule has 9 aromatic carbocycles. The Labute approximate surface area is 638 Å². The van der Waals surface area contributed by atoms with Crippen molar-refractivity contribution in [2.75, 3.05) is 83.8 Å². The highest BCUT2D eigenvalue weighted by atomic mass is 16.5. The third-order valence-electron chi connectivity index (χ3n) is 14.5. The molecule has 0 spiro atoms. The van der Waals surface area contributed by atoms with E-state index in [1.165, 1.54) is 93.6 Å². The molecule has 0 heterocycles. The molecule has 24 heteroatoms. The zero-order chi connectivity index (χ0) is 81.6. The van der Waals surface area contributed by atoms with E-state index < -0.39 is 0 Å². The van der Waals surface area contributed by atoms with Crippen LogP contribution in [0.2, 0.25) is 0 Å². The SMILES string of the molecule is C/C=C/c1ccc(O)c(OC)c1.C=CCc1ccc(O)c(OC)c1.CCCc1ccc(O)c(OC)c1.COc1cc(/C=C/CO)ccc1O.COc1cc(C)ccc1O.COc1cc(C=O)ccc1O.COc1cc(CCCOC(C)=O)ccc1O.COc1cc(CCO)ccc1O.COc1cc(CO)ccc1O. The number of aryl methyl sites for hydroxylation is 3. The summed E-state index contributed by atoms with van der Waals surface area (Å²) in [7, 11) is 13.6. The largest absolute Gasteiger partial charge is 0.504 e. The molecule has 0 atom stereocenters. The number of benzene rings is 9. The van der Waals surface area contributed by atoms with Crippen molar-refractivity contribution >= 4 is 24.4 Å². The molecule has 0 bridgehead atoms. The minimum atomic E-state index is -0.261. The lowest BCUT2D eigenvalue weighted by molar-refractivity contribution is -0.141. The van der Waals surface area contributed by atoms with Gasteiger partial charge >= 0.3 is 5.97 Å². The third-order valence-corrected chi connectivity index (χ3v) is 14.5. The molecule has 0 aromatic heterocycles. The maximum atomic E-state index is 10.5. The first-order chi connectivity index (χ1) is 52.3. The first-order valence-electron chi connectivity index (χ1n) is 33.9. The van der Waals surface area contributed by atoms with Gasteiger partial charge in [-0.3, -0.25) is 9.59 Å². The summed E-state index contributed by atoms with van der Waals surface area (Å²) >= 11 is 0. The van der Waals surface area contributed by atoms with E-state index in [0.29, 0.717) is 76.6 Å². The maximum Gasteiger partial charge on any atom is 0.302 e. The Bertz CT molecular complexity index is 4110. The van der Waals surface area contributed by atoms with E-state index in [1.54, 1.807) is 122 Å². The number of aldehydes is 1. The van der Waals surface area contributed by atoms with Gasteiger partial charge < -0.3 is 109 Å². The van der Waals surface area contributed by atoms with Crippen molar-refractivity contribution in [3.63, 3.8) is 0 Å². The highest BCUT2D eigenvalue weighted by Crippen LogP contribution is 2.33. The predicted octanol–water partition coefficient (Wildman–Crippen LogP) is 15.0. The van der Waals surface area contributed by atoms with Crippen molar-refractivity contribution in [3.05, 3.63) is 239 Å². The standard InChI is InChI=1S/C12H16O4.C10H12O3.C10H14O2.2C10H12O2.C9H12O3.C8H10O3.C8H8O3.C8H10O2/c1-9(13)16-7-3-4-10-5-6-11(14)12(8-10)15-2;1-13-10-7-8(3-2-6-11)4-5-9(10)12;3*1-3-4-8-5-6-9(11)10(7-8)12-2;1-12-9-6-7(4-5-10)2-3-8(9)11;2*1-11-8-4-6(5-9)2-3-7(8)10;1-6-3-4-7(9)8(5-6)10-2/h5-6,8,14H,3-4,7H2,1-2H3;2-5,7,11-12H,6H2,1H3;5-7,11H,3-4H2,1-2H3;3-7,11H,1-2H3;3,5-7,11H,1,4H2,2H3;2-3,6,10-11H,4-5H2,1H3;2-4,9-10H,5H2,1H3;2-5,10H,1H3;3-5,9H,1-2H3/b;3-2+;;4-3+;;;;;. The summed E-state index contributed by atoms with van der Waals surface area (Å²) in [6, 6.07) is 45.6. The van der Waals surface area contributed by atoms with Crippen LogP contribution in [0, 0.1) is 6.92 Å². The number of ether oxygens (including phenoxy) is 10. The van der Waals surface area contributed by atoms with Crippen molar-refractivity contribution < 1.29 is 118 Å². The molecule has 0 aliphatic heterocycles. The second kappa shape index (κ2) is 55.1. The van der Waals surface area contributed by atoms with Crippen LogP contribution in [0.1, 0.15) is 88.5 Å². The molecule has 0 unspecified atom stereocenters. The van der Waals surface area contributed by atoms with Crippen molar-refractivity contribution in [2.24, 2.45) is 0 Å². The number of carbonyl (C=O) groups excluding carboxylic acids is 2. The molecule has 109 heavy (non-hydrogen) atoms. The number of phenolic OH excluding ortho intramolecular Hbond substituents is 9. The molecular weight excluding hydrogens is 1400 g/mol. The number of rotatable bonds is 24. The Balaban J connectivity index is 0.000000615. The summed E-state index contributed by atoms with van der Waals surface area (Å²) in [6.07, 6.45) is 14.8. The number of aliphatic hydroxyl groups is 3. The molecule has 0 radical (unpaired) electrons. The van der Waals surface area contributed by atoms with Crippen LogP contribution >= 0.6 is 0 Å². The summed E-state index contributed by atoms with van der Waals surface area (Å²) in [5, 5.41) is 109. The van der Waals surface area contributed by atoms with Crippen LogP contribution in [0.5, 0.6) is 103 Å². The minimum Gasteiger partial charge on any atom is -0.504 e. The number of hydrogen-bond acceptors (Lipinski definition) is 24. The number of hydrogen-bond donors (Lipinski definition) is 12. The number of aromatic hydroxyl groups is 9. The van der Waals surface area contributed by atoms with Crippen LogP contribution in [-0.4, -0.2) is 157 Å². The van der Waals surface area contributed by atoms with Crippen LogP contribution in [0.25, 0.3) is 12.2 Å². The molecule has 24 nitrogen and oxygen atoms in total. The predicted molar refractivity (Wildman–Crippen MR) is 422 cm³/mol. The number of allylic oxidation sites excluding steroid dienone is 2. The lowest BCUT2D eigenvalue weighted by Gasteiger charge is -2.06. The fourth-order valence-electron chi connectivity index (χ4n) is 8.91. The molecule has 12 N–H and O–H groups in total.